The zero-order valence-electron chi connectivity index (χ0n) is 10.0. The SMILES string of the molecule is COC[C@@H](C)N=CC1C(=O)Nc2ccccc21. The maximum atomic E-state index is 11.8. The number of nitrogens with zero attached hydrogens (tertiary/aromatic N) is 1. The first-order valence-corrected chi connectivity index (χ1v) is 5.64. The first-order valence-electron chi connectivity index (χ1n) is 5.64. The Labute approximate surface area is 101 Å². The number of para-hydroxylation sites is 1. The van der Waals surface area contributed by atoms with Crippen LogP contribution in [0.2, 0.25) is 0 Å². The first-order chi connectivity index (χ1) is 8.22. The molecule has 1 N–H and O–H groups in total. The summed E-state index contributed by atoms with van der Waals surface area (Å²) in [4.78, 5) is 16.1. The number of ether oxygens (including phenoxy) is 1. The third-order valence-corrected chi connectivity index (χ3v) is 2.73. The van der Waals surface area contributed by atoms with Gasteiger partial charge < -0.3 is 10.1 Å². The summed E-state index contributed by atoms with van der Waals surface area (Å²) in [6, 6.07) is 7.76. The zero-order valence-corrected chi connectivity index (χ0v) is 10.0. The molecule has 0 aliphatic carbocycles. The largest absolute Gasteiger partial charge is 0.382 e. The van der Waals surface area contributed by atoms with Gasteiger partial charge in [0.2, 0.25) is 5.91 Å². The number of carbonyl (C=O) groups is 1. The average molecular weight is 232 g/mol. The number of rotatable bonds is 4. The van der Waals surface area contributed by atoms with E-state index in [9.17, 15) is 4.79 Å². The molecule has 1 unspecified atom stereocenters. The molecule has 0 radical (unpaired) electrons. The van der Waals surface area contributed by atoms with Crippen molar-refractivity contribution in [2.24, 2.45) is 4.99 Å². The highest BCUT2D eigenvalue weighted by Crippen LogP contribution is 2.30. The van der Waals surface area contributed by atoms with Gasteiger partial charge in [-0.3, -0.25) is 9.79 Å². The lowest BCUT2D eigenvalue weighted by Gasteiger charge is -2.06. The molecule has 90 valence electrons. The number of anilines is 1. The van der Waals surface area contributed by atoms with Gasteiger partial charge in [0.05, 0.1) is 12.6 Å². The van der Waals surface area contributed by atoms with E-state index in [0.29, 0.717) is 6.61 Å². The number of amides is 1. The van der Waals surface area contributed by atoms with E-state index in [4.69, 9.17) is 4.74 Å². The Morgan fingerprint density at radius 1 is 1.53 bits per heavy atom. The Balaban J connectivity index is 2.14. The summed E-state index contributed by atoms with van der Waals surface area (Å²) < 4.78 is 5.00. The maximum absolute atomic E-state index is 11.8. The fourth-order valence-electron chi connectivity index (χ4n) is 1.90. The summed E-state index contributed by atoms with van der Waals surface area (Å²) in [7, 11) is 1.64. The summed E-state index contributed by atoms with van der Waals surface area (Å²) in [6.45, 7) is 2.52. The summed E-state index contributed by atoms with van der Waals surface area (Å²) in [5.41, 5.74) is 1.87. The standard InChI is InChI=1S/C13H16N2O2/c1-9(8-17-2)14-7-11-10-5-3-4-6-12(10)15-13(11)16/h3-7,9,11H,8H2,1-2H3,(H,15,16)/t9-,11?/m1/s1. The number of carbonyl (C=O) groups excluding carboxylic acids is 1. The molecule has 0 fully saturated rings. The topological polar surface area (TPSA) is 50.7 Å². The van der Waals surface area contributed by atoms with Crippen LogP contribution >= 0.6 is 0 Å². The Morgan fingerprint density at radius 3 is 3.06 bits per heavy atom. The van der Waals surface area contributed by atoms with Gasteiger partial charge >= 0.3 is 0 Å². The molecule has 1 aromatic carbocycles. The van der Waals surface area contributed by atoms with E-state index in [-0.39, 0.29) is 17.9 Å². The molecule has 1 amide bonds. The number of hydrogen-bond acceptors (Lipinski definition) is 3. The van der Waals surface area contributed by atoms with Gasteiger partial charge in [-0.1, -0.05) is 18.2 Å². The van der Waals surface area contributed by atoms with Crippen LogP contribution in [0, 0.1) is 0 Å². The van der Waals surface area contributed by atoms with Crippen molar-refractivity contribution >= 4 is 17.8 Å². The minimum absolute atomic E-state index is 0.0143. The van der Waals surface area contributed by atoms with Crippen LogP contribution in [0.15, 0.2) is 29.3 Å². The minimum atomic E-state index is -0.273. The number of benzene rings is 1. The number of hydrogen-bond donors (Lipinski definition) is 1. The summed E-state index contributed by atoms with van der Waals surface area (Å²) in [5, 5.41) is 2.84. The fourth-order valence-corrected chi connectivity index (χ4v) is 1.90. The molecule has 1 aliphatic rings. The van der Waals surface area contributed by atoms with E-state index in [1.54, 1.807) is 13.3 Å². The summed E-state index contributed by atoms with van der Waals surface area (Å²) >= 11 is 0. The van der Waals surface area contributed by atoms with Crippen LogP contribution < -0.4 is 5.32 Å². The van der Waals surface area contributed by atoms with Crippen LogP contribution in [0.25, 0.3) is 0 Å². The van der Waals surface area contributed by atoms with Crippen molar-refractivity contribution in [2.45, 2.75) is 18.9 Å². The molecular formula is C13H16N2O2. The normalized spacial score (nSPS) is 20.4. The number of aliphatic imine (C=N–C) groups is 1. The first kappa shape index (κ1) is 11.8. The highest BCUT2D eigenvalue weighted by Gasteiger charge is 2.28. The molecule has 2 rings (SSSR count). The molecule has 0 bridgehead atoms. The lowest BCUT2D eigenvalue weighted by Crippen LogP contribution is -2.15. The second kappa shape index (κ2) is 5.10. The minimum Gasteiger partial charge on any atom is -0.382 e. The molecule has 1 aromatic rings. The van der Waals surface area contributed by atoms with Gasteiger partial charge in [-0.05, 0) is 18.6 Å². The molecular weight excluding hydrogens is 216 g/mol. The van der Waals surface area contributed by atoms with Crippen molar-refractivity contribution in [3.8, 4) is 0 Å². The second-order valence-electron chi connectivity index (χ2n) is 4.16. The zero-order chi connectivity index (χ0) is 12.3. The van der Waals surface area contributed by atoms with Crippen LogP contribution in [0.3, 0.4) is 0 Å². The maximum Gasteiger partial charge on any atom is 0.237 e. The van der Waals surface area contributed by atoms with Gasteiger partial charge in [-0.15, -0.1) is 0 Å². The molecule has 17 heavy (non-hydrogen) atoms. The van der Waals surface area contributed by atoms with Crippen molar-refractivity contribution in [3.63, 3.8) is 0 Å². The Kier molecular flexibility index (Phi) is 3.54. The molecule has 0 saturated carbocycles. The van der Waals surface area contributed by atoms with Gasteiger partial charge in [0.25, 0.3) is 0 Å². The Hall–Kier alpha value is -1.68. The van der Waals surface area contributed by atoms with Gasteiger partial charge in [-0.25, -0.2) is 0 Å². The van der Waals surface area contributed by atoms with Gasteiger partial charge in [0.1, 0.15) is 5.92 Å². The lowest BCUT2D eigenvalue weighted by molar-refractivity contribution is -0.115. The smallest absolute Gasteiger partial charge is 0.237 e. The van der Waals surface area contributed by atoms with Gasteiger partial charge in [0.15, 0.2) is 0 Å². The third kappa shape index (κ3) is 2.53. The molecule has 4 heteroatoms. The molecule has 2 atom stereocenters. The van der Waals surface area contributed by atoms with Crippen LogP contribution in [-0.4, -0.2) is 31.9 Å². The van der Waals surface area contributed by atoms with Crippen LogP contribution in [0.4, 0.5) is 5.69 Å². The monoisotopic (exact) mass is 232 g/mol. The van der Waals surface area contributed by atoms with Crippen molar-refractivity contribution in [1.29, 1.82) is 0 Å². The molecule has 0 aromatic heterocycles. The van der Waals surface area contributed by atoms with Crippen molar-refractivity contribution in [2.75, 3.05) is 19.0 Å². The Morgan fingerprint density at radius 2 is 2.29 bits per heavy atom. The van der Waals surface area contributed by atoms with Crippen LogP contribution in [0.1, 0.15) is 18.4 Å². The molecule has 4 nitrogen and oxygen atoms in total. The third-order valence-electron chi connectivity index (χ3n) is 2.73. The van der Waals surface area contributed by atoms with E-state index < -0.39 is 0 Å². The van der Waals surface area contributed by atoms with Crippen LogP contribution in [-0.2, 0) is 9.53 Å². The van der Waals surface area contributed by atoms with Crippen LogP contribution in [0.5, 0.6) is 0 Å². The summed E-state index contributed by atoms with van der Waals surface area (Å²) in [5.74, 6) is -0.287. The number of methoxy groups -OCH3 is 1. The quantitative estimate of drug-likeness (QED) is 0.805. The van der Waals surface area contributed by atoms with Crippen molar-refractivity contribution in [3.05, 3.63) is 29.8 Å². The molecule has 0 spiro atoms. The van der Waals surface area contributed by atoms with Crippen molar-refractivity contribution < 1.29 is 9.53 Å². The van der Waals surface area contributed by atoms with E-state index in [1.807, 2.05) is 31.2 Å². The molecule has 1 heterocycles. The average Bonchev–Trinajstić information content (AvgIpc) is 2.62. The second-order valence-corrected chi connectivity index (χ2v) is 4.16. The molecule has 1 aliphatic heterocycles. The Bertz CT molecular complexity index is 443. The predicted octanol–water partition coefficient (Wildman–Crippen LogP) is 1.83. The van der Waals surface area contributed by atoms with E-state index in [0.717, 1.165) is 11.3 Å². The number of nitrogens with one attached hydrogen (secondary N) is 1. The van der Waals surface area contributed by atoms with Crippen molar-refractivity contribution in [1.82, 2.24) is 0 Å². The number of fused-ring (bicyclic) bond motifs is 1. The fraction of sp³-hybridized carbons (Fsp3) is 0.385. The highest BCUT2D eigenvalue weighted by molar-refractivity contribution is 6.12. The van der Waals surface area contributed by atoms with E-state index in [1.165, 1.54) is 0 Å². The van der Waals surface area contributed by atoms with Gasteiger partial charge in [0, 0.05) is 19.0 Å². The van der Waals surface area contributed by atoms with Gasteiger partial charge in [-0.2, -0.15) is 0 Å². The predicted molar refractivity (Wildman–Crippen MR) is 67.6 cm³/mol. The highest BCUT2D eigenvalue weighted by atomic mass is 16.5. The lowest BCUT2D eigenvalue weighted by atomic mass is 10.0. The van der Waals surface area contributed by atoms with E-state index in [2.05, 4.69) is 10.3 Å². The molecule has 0 saturated heterocycles. The van der Waals surface area contributed by atoms with E-state index >= 15 is 0 Å². The summed E-state index contributed by atoms with van der Waals surface area (Å²) in [6.07, 6.45) is 1.71.